The summed E-state index contributed by atoms with van der Waals surface area (Å²) in [5.41, 5.74) is 6.31. The number of amides is 2. The van der Waals surface area contributed by atoms with Crippen molar-refractivity contribution in [1.82, 2.24) is 10.2 Å². The van der Waals surface area contributed by atoms with E-state index in [0.717, 1.165) is 24.8 Å². The fourth-order valence-electron chi connectivity index (χ4n) is 2.87. The fourth-order valence-corrected chi connectivity index (χ4v) is 2.87. The standard InChI is InChI=1S/C17H25N3O3/c1-19-17(22)15-7-2-3-9-20(15)16(21)12-13-5-4-6-14(11-13)23-10-8-18/h4-6,11,15H,2-3,7-10,12,18H2,1H3,(H,19,22)/t15-/m0/s1. The molecule has 1 aliphatic rings. The first-order valence-electron chi connectivity index (χ1n) is 8.08. The Morgan fingerprint density at radius 3 is 2.96 bits per heavy atom. The van der Waals surface area contributed by atoms with Crippen LogP contribution < -0.4 is 15.8 Å². The lowest BCUT2D eigenvalue weighted by molar-refractivity contribution is -0.141. The van der Waals surface area contributed by atoms with Crippen molar-refractivity contribution in [2.45, 2.75) is 31.7 Å². The molecular weight excluding hydrogens is 294 g/mol. The fraction of sp³-hybridized carbons (Fsp3) is 0.529. The molecule has 126 valence electrons. The lowest BCUT2D eigenvalue weighted by Crippen LogP contribution is -2.51. The van der Waals surface area contributed by atoms with Crippen LogP contribution in [0.4, 0.5) is 0 Å². The summed E-state index contributed by atoms with van der Waals surface area (Å²) in [6, 6.07) is 7.11. The molecule has 0 unspecified atom stereocenters. The van der Waals surface area contributed by atoms with Crippen LogP contribution in [0.1, 0.15) is 24.8 Å². The third-order valence-corrected chi connectivity index (χ3v) is 4.01. The molecule has 2 rings (SSSR count). The van der Waals surface area contributed by atoms with Crippen molar-refractivity contribution >= 4 is 11.8 Å². The van der Waals surface area contributed by atoms with Crippen LogP contribution in [0.15, 0.2) is 24.3 Å². The van der Waals surface area contributed by atoms with Crippen molar-refractivity contribution in [2.75, 3.05) is 26.7 Å². The Morgan fingerprint density at radius 1 is 1.39 bits per heavy atom. The van der Waals surface area contributed by atoms with Crippen molar-refractivity contribution in [3.63, 3.8) is 0 Å². The molecule has 23 heavy (non-hydrogen) atoms. The van der Waals surface area contributed by atoms with Gasteiger partial charge in [0.05, 0.1) is 6.42 Å². The van der Waals surface area contributed by atoms with Crippen LogP contribution in [-0.2, 0) is 16.0 Å². The molecule has 1 aromatic carbocycles. The first-order chi connectivity index (χ1) is 11.2. The number of likely N-dealkylation sites (tertiary alicyclic amines) is 1. The number of ether oxygens (including phenoxy) is 1. The van der Waals surface area contributed by atoms with Gasteiger partial charge in [-0.15, -0.1) is 0 Å². The van der Waals surface area contributed by atoms with E-state index in [-0.39, 0.29) is 24.3 Å². The Balaban J connectivity index is 2.03. The molecule has 0 radical (unpaired) electrons. The highest BCUT2D eigenvalue weighted by Crippen LogP contribution is 2.20. The van der Waals surface area contributed by atoms with Gasteiger partial charge in [0.1, 0.15) is 18.4 Å². The maximum atomic E-state index is 12.6. The average Bonchev–Trinajstić information content (AvgIpc) is 2.59. The topological polar surface area (TPSA) is 84.7 Å². The van der Waals surface area contributed by atoms with Crippen molar-refractivity contribution in [1.29, 1.82) is 0 Å². The normalized spacial score (nSPS) is 17.7. The number of piperidine rings is 1. The molecule has 1 aliphatic heterocycles. The Labute approximate surface area is 137 Å². The molecule has 1 aromatic rings. The predicted octanol–water partition coefficient (Wildman–Crippen LogP) is 0.694. The second-order valence-electron chi connectivity index (χ2n) is 5.67. The molecule has 1 atom stereocenters. The van der Waals surface area contributed by atoms with Crippen LogP contribution in [0, 0.1) is 0 Å². The molecule has 0 aliphatic carbocycles. The molecule has 2 amide bonds. The van der Waals surface area contributed by atoms with Gasteiger partial charge in [-0.3, -0.25) is 9.59 Å². The average molecular weight is 319 g/mol. The highest BCUT2D eigenvalue weighted by molar-refractivity contribution is 5.88. The van der Waals surface area contributed by atoms with Crippen LogP contribution in [0.2, 0.25) is 0 Å². The first kappa shape index (κ1) is 17.3. The Hall–Kier alpha value is -2.08. The minimum absolute atomic E-state index is 0.0192. The number of nitrogens with zero attached hydrogens (tertiary/aromatic N) is 1. The van der Waals surface area contributed by atoms with Gasteiger partial charge in [0.25, 0.3) is 0 Å². The quantitative estimate of drug-likeness (QED) is 0.808. The van der Waals surface area contributed by atoms with Gasteiger partial charge in [0, 0.05) is 20.1 Å². The lowest BCUT2D eigenvalue weighted by atomic mass is 10.00. The van der Waals surface area contributed by atoms with Gasteiger partial charge in [-0.1, -0.05) is 12.1 Å². The number of hydrogen-bond acceptors (Lipinski definition) is 4. The summed E-state index contributed by atoms with van der Waals surface area (Å²) in [5.74, 6) is 0.606. The maximum absolute atomic E-state index is 12.6. The van der Waals surface area contributed by atoms with Gasteiger partial charge < -0.3 is 20.7 Å². The van der Waals surface area contributed by atoms with Crippen LogP contribution in [-0.4, -0.2) is 49.5 Å². The summed E-state index contributed by atoms with van der Waals surface area (Å²) >= 11 is 0. The van der Waals surface area contributed by atoms with Gasteiger partial charge in [0.15, 0.2) is 0 Å². The molecule has 1 saturated heterocycles. The minimum Gasteiger partial charge on any atom is -0.492 e. The number of nitrogens with one attached hydrogen (secondary N) is 1. The third-order valence-electron chi connectivity index (χ3n) is 4.01. The SMILES string of the molecule is CNC(=O)[C@@H]1CCCCN1C(=O)Cc1cccc(OCCN)c1. The molecule has 6 heteroatoms. The van der Waals surface area contributed by atoms with Gasteiger partial charge in [0.2, 0.25) is 11.8 Å². The van der Waals surface area contributed by atoms with E-state index in [1.165, 1.54) is 0 Å². The van der Waals surface area contributed by atoms with E-state index >= 15 is 0 Å². The van der Waals surface area contributed by atoms with Crippen molar-refractivity contribution in [3.05, 3.63) is 29.8 Å². The number of nitrogens with two attached hydrogens (primary N) is 1. The van der Waals surface area contributed by atoms with Gasteiger partial charge in [-0.2, -0.15) is 0 Å². The minimum atomic E-state index is -0.349. The largest absolute Gasteiger partial charge is 0.492 e. The summed E-state index contributed by atoms with van der Waals surface area (Å²) in [5, 5.41) is 2.65. The monoisotopic (exact) mass is 319 g/mol. The van der Waals surface area contributed by atoms with Crippen LogP contribution in [0.5, 0.6) is 5.75 Å². The van der Waals surface area contributed by atoms with E-state index in [2.05, 4.69) is 5.32 Å². The molecule has 1 heterocycles. The number of hydrogen-bond donors (Lipinski definition) is 2. The molecule has 0 aromatic heterocycles. The van der Waals surface area contributed by atoms with Gasteiger partial charge >= 0.3 is 0 Å². The van der Waals surface area contributed by atoms with Crippen LogP contribution >= 0.6 is 0 Å². The molecule has 0 saturated carbocycles. The van der Waals surface area contributed by atoms with Gasteiger partial charge in [-0.25, -0.2) is 0 Å². The smallest absolute Gasteiger partial charge is 0.242 e. The zero-order chi connectivity index (χ0) is 16.7. The van der Waals surface area contributed by atoms with Crippen molar-refractivity contribution < 1.29 is 14.3 Å². The highest BCUT2D eigenvalue weighted by Gasteiger charge is 2.31. The van der Waals surface area contributed by atoms with E-state index in [9.17, 15) is 9.59 Å². The lowest BCUT2D eigenvalue weighted by Gasteiger charge is -2.34. The molecule has 6 nitrogen and oxygen atoms in total. The number of carbonyl (C=O) groups excluding carboxylic acids is 2. The molecular formula is C17H25N3O3. The van der Waals surface area contributed by atoms with E-state index < -0.39 is 0 Å². The second-order valence-corrected chi connectivity index (χ2v) is 5.67. The van der Waals surface area contributed by atoms with Crippen LogP contribution in [0.25, 0.3) is 0 Å². The van der Waals surface area contributed by atoms with Gasteiger partial charge in [-0.05, 0) is 37.0 Å². The zero-order valence-electron chi connectivity index (χ0n) is 13.6. The first-order valence-corrected chi connectivity index (χ1v) is 8.08. The van der Waals surface area contributed by atoms with E-state index in [1.807, 2.05) is 24.3 Å². The summed E-state index contributed by atoms with van der Waals surface area (Å²) in [4.78, 5) is 26.3. The number of likely N-dealkylation sites (N-methyl/N-ethyl adjacent to an activating group) is 1. The highest BCUT2D eigenvalue weighted by atomic mass is 16.5. The Morgan fingerprint density at radius 2 is 2.22 bits per heavy atom. The van der Waals surface area contributed by atoms with Crippen molar-refractivity contribution in [3.8, 4) is 5.75 Å². The Bertz CT molecular complexity index is 548. The predicted molar refractivity (Wildman–Crippen MR) is 88.1 cm³/mol. The van der Waals surface area contributed by atoms with Crippen molar-refractivity contribution in [2.24, 2.45) is 5.73 Å². The van der Waals surface area contributed by atoms with E-state index in [4.69, 9.17) is 10.5 Å². The maximum Gasteiger partial charge on any atom is 0.242 e. The third kappa shape index (κ3) is 4.69. The zero-order valence-corrected chi connectivity index (χ0v) is 13.6. The molecule has 1 fully saturated rings. The summed E-state index contributed by atoms with van der Waals surface area (Å²) in [6.07, 6.45) is 2.92. The van der Waals surface area contributed by atoms with E-state index in [1.54, 1.807) is 11.9 Å². The second kappa shape index (κ2) is 8.53. The molecule has 0 bridgehead atoms. The molecule has 3 N–H and O–H groups in total. The summed E-state index contributed by atoms with van der Waals surface area (Å²) in [6.45, 7) is 1.54. The summed E-state index contributed by atoms with van der Waals surface area (Å²) in [7, 11) is 1.61. The number of rotatable bonds is 6. The van der Waals surface area contributed by atoms with Crippen LogP contribution in [0.3, 0.4) is 0 Å². The number of carbonyl (C=O) groups is 2. The molecule has 0 spiro atoms. The summed E-state index contributed by atoms with van der Waals surface area (Å²) < 4.78 is 5.49. The number of benzene rings is 1. The Kier molecular flexibility index (Phi) is 6.40. The van der Waals surface area contributed by atoms with E-state index in [0.29, 0.717) is 25.4 Å².